The van der Waals surface area contributed by atoms with Crippen molar-refractivity contribution < 1.29 is 5.11 Å². The number of aliphatic hydroxyl groups is 1. The molecule has 3 unspecified atom stereocenters. The zero-order valence-corrected chi connectivity index (χ0v) is 14.5. The summed E-state index contributed by atoms with van der Waals surface area (Å²) in [6, 6.07) is 0. The summed E-state index contributed by atoms with van der Waals surface area (Å²) in [5.41, 5.74) is 1.26. The molecule has 21 heavy (non-hydrogen) atoms. The molecule has 1 N–H and O–H groups in total. The van der Waals surface area contributed by atoms with E-state index in [1.54, 1.807) is 0 Å². The van der Waals surface area contributed by atoms with E-state index in [1.807, 2.05) is 6.08 Å². The summed E-state index contributed by atoms with van der Waals surface area (Å²) in [6.45, 7) is 17.3. The summed E-state index contributed by atoms with van der Waals surface area (Å²) < 4.78 is 0. The lowest BCUT2D eigenvalue weighted by atomic mass is 9.45. The lowest BCUT2D eigenvalue weighted by Gasteiger charge is -2.61. The van der Waals surface area contributed by atoms with Crippen molar-refractivity contribution >= 4 is 0 Å². The minimum atomic E-state index is -0.528. The van der Waals surface area contributed by atoms with Crippen LogP contribution in [0.1, 0.15) is 72.6 Å². The van der Waals surface area contributed by atoms with Crippen LogP contribution in [0.25, 0.3) is 0 Å². The molecule has 0 heterocycles. The van der Waals surface area contributed by atoms with Gasteiger partial charge in [0.05, 0.1) is 5.60 Å². The van der Waals surface area contributed by atoms with E-state index < -0.39 is 5.60 Å². The molecule has 0 aromatic heterocycles. The third-order valence-corrected chi connectivity index (χ3v) is 6.80. The van der Waals surface area contributed by atoms with Gasteiger partial charge in [0.25, 0.3) is 0 Å². The van der Waals surface area contributed by atoms with Gasteiger partial charge in [0, 0.05) is 0 Å². The van der Waals surface area contributed by atoms with Crippen LogP contribution in [0.5, 0.6) is 0 Å². The number of fused-ring (bicyclic) bond motifs is 1. The van der Waals surface area contributed by atoms with Crippen molar-refractivity contribution in [2.24, 2.45) is 22.7 Å². The Hall–Kier alpha value is -0.560. The molecule has 0 amide bonds. The molecular weight excluding hydrogens is 256 g/mol. The second kappa shape index (κ2) is 5.57. The number of hydrogen-bond acceptors (Lipinski definition) is 1. The maximum atomic E-state index is 11.0. The molecule has 0 aromatic carbocycles. The zero-order valence-electron chi connectivity index (χ0n) is 14.5. The monoisotopic (exact) mass is 290 g/mol. The van der Waals surface area contributed by atoms with E-state index in [4.69, 9.17) is 0 Å². The van der Waals surface area contributed by atoms with Gasteiger partial charge in [-0.05, 0) is 68.1 Å². The maximum Gasteiger partial charge on any atom is 0.0653 e. The van der Waals surface area contributed by atoms with Gasteiger partial charge in [-0.15, -0.1) is 0 Å². The standard InChI is InChI=1S/C20H34O/c1-7-15(2)9-10-17-19(5)13-8-12-18(3,4)16(19)11-14-20(17,6)21/h7,16-17,21H,1-2,8-14H2,3-6H3/t16?,17?,19-,20?/m0/s1. The Morgan fingerprint density at radius 3 is 2.48 bits per heavy atom. The first-order valence-electron chi connectivity index (χ1n) is 8.66. The highest BCUT2D eigenvalue weighted by molar-refractivity contribution is 5.13. The van der Waals surface area contributed by atoms with Crippen molar-refractivity contribution in [3.63, 3.8) is 0 Å². The molecule has 2 fully saturated rings. The van der Waals surface area contributed by atoms with Crippen molar-refractivity contribution in [2.75, 3.05) is 0 Å². The van der Waals surface area contributed by atoms with Gasteiger partial charge in [-0.3, -0.25) is 0 Å². The highest BCUT2D eigenvalue weighted by atomic mass is 16.3. The molecule has 0 aromatic rings. The fourth-order valence-electron chi connectivity index (χ4n) is 5.70. The van der Waals surface area contributed by atoms with E-state index >= 15 is 0 Å². The Labute approximate surface area is 131 Å². The topological polar surface area (TPSA) is 20.2 Å². The summed E-state index contributed by atoms with van der Waals surface area (Å²) in [6.07, 6.45) is 9.90. The molecule has 1 heteroatoms. The van der Waals surface area contributed by atoms with Gasteiger partial charge in [-0.2, -0.15) is 0 Å². The summed E-state index contributed by atoms with van der Waals surface area (Å²) >= 11 is 0. The van der Waals surface area contributed by atoms with Crippen LogP contribution >= 0.6 is 0 Å². The molecule has 2 aliphatic rings. The van der Waals surface area contributed by atoms with Gasteiger partial charge in [0.15, 0.2) is 0 Å². The van der Waals surface area contributed by atoms with Gasteiger partial charge < -0.3 is 5.11 Å². The Morgan fingerprint density at radius 1 is 1.19 bits per heavy atom. The SMILES string of the molecule is C=CC(=C)CCC1C(C)(O)CCC2C(C)(C)CCC[C@@]21C. The fourth-order valence-corrected chi connectivity index (χ4v) is 5.70. The number of rotatable bonds is 4. The first-order chi connectivity index (χ1) is 9.63. The normalized spacial score (nSPS) is 42.1. The second-order valence-corrected chi connectivity index (χ2v) is 8.75. The van der Waals surface area contributed by atoms with Crippen LogP contribution in [0, 0.1) is 22.7 Å². The van der Waals surface area contributed by atoms with Crippen molar-refractivity contribution in [2.45, 2.75) is 78.2 Å². The summed E-state index contributed by atoms with van der Waals surface area (Å²) in [5.74, 6) is 1.11. The lowest BCUT2D eigenvalue weighted by Crippen LogP contribution is -2.57. The van der Waals surface area contributed by atoms with Gasteiger partial charge in [0.2, 0.25) is 0 Å². The Kier molecular flexibility index (Phi) is 4.46. The summed E-state index contributed by atoms with van der Waals surface area (Å²) in [4.78, 5) is 0. The highest BCUT2D eigenvalue weighted by Crippen LogP contribution is 2.62. The van der Waals surface area contributed by atoms with E-state index in [2.05, 4.69) is 40.9 Å². The molecule has 2 rings (SSSR count). The van der Waals surface area contributed by atoms with Gasteiger partial charge in [-0.25, -0.2) is 0 Å². The van der Waals surface area contributed by atoms with Crippen LogP contribution in [0.4, 0.5) is 0 Å². The largest absolute Gasteiger partial charge is 0.390 e. The first kappa shape index (κ1) is 16.8. The lowest BCUT2D eigenvalue weighted by molar-refractivity contribution is -0.168. The molecule has 1 nitrogen and oxygen atoms in total. The first-order valence-corrected chi connectivity index (χ1v) is 8.66. The van der Waals surface area contributed by atoms with Gasteiger partial charge >= 0.3 is 0 Å². The van der Waals surface area contributed by atoms with Crippen molar-refractivity contribution in [3.05, 3.63) is 24.8 Å². The van der Waals surface area contributed by atoms with Crippen LogP contribution in [-0.4, -0.2) is 10.7 Å². The molecule has 120 valence electrons. The molecule has 0 saturated heterocycles. The number of allylic oxidation sites excluding steroid dienone is 2. The Balaban J connectivity index is 2.28. The predicted molar refractivity (Wildman–Crippen MR) is 91.1 cm³/mol. The van der Waals surface area contributed by atoms with Crippen LogP contribution in [0.3, 0.4) is 0 Å². The van der Waals surface area contributed by atoms with E-state index in [1.165, 1.54) is 25.7 Å². The molecule has 4 atom stereocenters. The van der Waals surface area contributed by atoms with E-state index in [9.17, 15) is 5.11 Å². The minimum absolute atomic E-state index is 0.269. The minimum Gasteiger partial charge on any atom is -0.390 e. The van der Waals surface area contributed by atoms with Crippen molar-refractivity contribution in [1.82, 2.24) is 0 Å². The maximum absolute atomic E-state index is 11.0. The van der Waals surface area contributed by atoms with Gasteiger partial charge in [0.1, 0.15) is 0 Å². The smallest absolute Gasteiger partial charge is 0.0653 e. The average Bonchev–Trinajstić information content (AvgIpc) is 2.35. The Bertz CT molecular complexity index is 418. The molecular formula is C20H34O. The molecule has 0 bridgehead atoms. The molecule has 0 radical (unpaired) electrons. The van der Waals surface area contributed by atoms with Crippen molar-refractivity contribution in [3.8, 4) is 0 Å². The van der Waals surface area contributed by atoms with E-state index in [0.717, 1.165) is 30.8 Å². The summed E-state index contributed by atoms with van der Waals surface area (Å²) in [5, 5.41) is 11.0. The third kappa shape index (κ3) is 2.99. The molecule has 2 saturated carbocycles. The Morgan fingerprint density at radius 2 is 1.86 bits per heavy atom. The highest BCUT2D eigenvalue weighted by Gasteiger charge is 2.57. The number of hydrogen-bond donors (Lipinski definition) is 1. The van der Waals surface area contributed by atoms with Crippen LogP contribution in [-0.2, 0) is 0 Å². The third-order valence-electron chi connectivity index (χ3n) is 6.80. The van der Waals surface area contributed by atoms with Crippen LogP contribution < -0.4 is 0 Å². The quantitative estimate of drug-likeness (QED) is 0.678. The van der Waals surface area contributed by atoms with Crippen LogP contribution in [0.2, 0.25) is 0 Å². The van der Waals surface area contributed by atoms with Crippen molar-refractivity contribution in [1.29, 1.82) is 0 Å². The average molecular weight is 290 g/mol. The van der Waals surface area contributed by atoms with Crippen LogP contribution in [0.15, 0.2) is 24.8 Å². The second-order valence-electron chi connectivity index (χ2n) is 8.75. The summed E-state index contributed by atoms with van der Waals surface area (Å²) in [7, 11) is 0. The van der Waals surface area contributed by atoms with Gasteiger partial charge in [-0.1, -0.05) is 52.0 Å². The fraction of sp³-hybridized carbons (Fsp3) is 0.800. The predicted octanol–water partition coefficient (Wildman–Crippen LogP) is 5.50. The van der Waals surface area contributed by atoms with E-state index in [0.29, 0.717) is 11.3 Å². The van der Waals surface area contributed by atoms with E-state index in [-0.39, 0.29) is 5.41 Å². The molecule has 0 spiro atoms. The molecule has 0 aliphatic heterocycles. The zero-order chi connectivity index (χ0) is 15.9. The molecule has 2 aliphatic carbocycles.